The molecule has 1 atom stereocenters. The van der Waals surface area contributed by atoms with E-state index in [1.54, 1.807) is 25.0 Å². The van der Waals surface area contributed by atoms with Gasteiger partial charge >= 0.3 is 0 Å². The number of ether oxygens (including phenoxy) is 2. The van der Waals surface area contributed by atoms with E-state index in [9.17, 15) is 4.79 Å². The van der Waals surface area contributed by atoms with Crippen molar-refractivity contribution >= 4 is 17.5 Å². The van der Waals surface area contributed by atoms with E-state index < -0.39 is 6.04 Å². The maximum atomic E-state index is 13.2. The molecule has 0 fully saturated rings. The predicted octanol–water partition coefficient (Wildman–Crippen LogP) is 2.62. The summed E-state index contributed by atoms with van der Waals surface area (Å²) in [5.74, 6) is 1.36. The minimum atomic E-state index is -0.537. The van der Waals surface area contributed by atoms with Crippen LogP contribution in [0.1, 0.15) is 18.5 Å². The van der Waals surface area contributed by atoms with Crippen molar-refractivity contribution in [3.05, 3.63) is 65.4 Å². The fourth-order valence-corrected chi connectivity index (χ4v) is 3.36. The van der Waals surface area contributed by atoms with Gasteiger partial charge in [0.1, 0.15) is 6.04 Å². The molecule has 0 aliphatic carbocycles. The van der Waals surface area contributed by atoms with E-state index in [4.69, 9.17) is 9.47 Å². The van der Waals surface area contributed by atoms with Gasteiger partial charge in [0, 0.05) is 11.4 Å². The van der Waals surface area contributed by atoms with Crippen molar-refractivity contribution in [1.29, 1.82) is 0 Å². The molecule has 9 nitrogen and oxygen atoms in total. The minimum Gasteiger partial charge on any atom is -0.493 e. The summed E-state index contributed by atoms with van der Waals surface area (Å²) in [6, 6.07) is 14.2. The molecule has 29 heavy (non-hydrogen) atoms. The van der Waals surface area contributed by atoms with E-state index in [1.807, 2.05) is 49.4 Å². The van der Waals surface area contributed by atoms with Crippen LogP contribution in [0.4, 0.5) is 11.6 Å². The van der Waals surface area contributed by atoms with Gasteiger partial charge in [0.15, 0.2) is 11.5 Å². The van der Waals surface area contributed by atoms with Crippen molar-refractivity contribution in [2.75, 3.05) is 24.9 Å². The number of fused-ring (bicyclic) bond motifs is 1. The summed E-state index contributed by atoms with van der Waals surface area (Å²) in [6.07, 6.45) is 0. The zero-order valence-electron chi connectivity index (χ0n) is 16.2. The van der Waals surface area contributed by atoms with Crippen LogP contribution in [0, 0.1) is 0 Å². The molecule has 1 aliphatic rings. The predicted molar refractivity (Wildman–Crippen MR) is 107 cm³/mol. The Morgan fingerprint density at radius 1 is 1.10 bits per heavy atom. The molecule has 0 bridgehead atoms. The van der Waals surface area contributed by atoms with Crippen molar-refractivity contribution < 1.29 is 14.3 Å². The lowest BCUT2D eigenvalue weighted by Crippen LogP contribution is -2.31. The molecule has 1 amide bonds. The first-order valence-corrected chi connectivity index (χ1v) is 8.96. The number of aromatic nitrogens is 4. The fourth-order valence-electron chi connectivity index (χ4n) is 3.36. The van der Waals surface area contributed by atoms with E-state index in [0.29, 0.717) is 34.4 Å². The first-order valence-electron chi connectivity index (χ1n) is 8.96. The monoisotopic (exact) mass is 392 g/mol. The molecule has 9 heteroatoms. The van der Waals surface area contributed by atoms with Gasteiger partial charge in [0.25, 0.3) is 5.91 Å². The Morgan fingerprint density at radius 3 is 2.59 bits per heavy atom. The average Bonchev–Trinajstić information content (AvgIpc) is 3.20. The third-order valence-corrected chi connectivity index (χ3v) is 4.71. The summed E-state index contributed by atoms with van der Waals surface area (Å²) in [4.78, 5) is 13.2. The number of hydrogen-bond acceptors (Lipinski definition) is 7. The summed E-state index contributed by atoms with van der Waals surface area (Å²) in [5, 5.41) is 17.9. The Labute approximate surface area is 167 Å². The van der Waals surface area contributed by atoms with Crippen LogP contribution in [0.15, 0.2) is 59.8 Å². The number of methoxy groups -OCH3 is 2. The molecule has 2 N–H and O–H groups in total. The van der Waals surface area contributed by atoms with Gasteiger partial charge in [-0.1, -0.05) is 29.4 Å². The quantitative estimate of drug-likeness (QED) is 0.688. The molecule has 0 saturated carbocycles. The van der Waals surface area contributed by atoms with Crippen molar-refractivity contribution in [3.8, 4) is 11.5 Å². The Bertz CT molecular complexity index is 1080. The highest BCUT2D eigenvalue weighted by Gasteiger charge is 2.34. The molecule has 148 valence electrons. The Kier molecular flexibility index (Phi) is 4.86. The lowest BCUT2D eigenvalue weighted by molar-refractivity contribution is -0.113. The molecule has 3 aromatic rings. The van der Waals surface area contributed by atoms with Gasteiger partial charge in [-0.05, 0) is 47.2 Å². The van der Waals surface area contributed by atoms with E-state index in [2.05, 4.69) is 26.2 Å². The standard InChI is InChI=1S/C20H20N6O3/c1-12-17(19(27)22-14-7-5-4-6-8-14)18(26-20(21-12)23-24-25-26)13-9-10-15(28-2)16(11-13)29-3/h4-11,18H,1-3H3,(H,22,27)(H,21,23,25)/t18-/m0/s1. The Morgan fingerprint density at radius 2 is 1.86 bits per heavy atom. The largest absolute Gasteiger partial charge is 0.493 e. The van der Waals surface area contributed by atoms with Gasteiger partial charge in [0.2, 0.25) is 5.95 Å². The second kappa shape index (κ2) is 7.63. The number of amides is 1. The zero-order valence-corrected chi connectivity index (χ0v) is 16.2. The van der Waals surface area contributed by atoms with Gasteiger partial charge in [-0.2, -0.15) is 4.68 Å². The van der Waals surface area contributed by atoms with E-state index >= 15 is 0 Å². The van der Waals surface area contributed by atoms with Crippen LogP contribution in [-0.4, -0.2) is 40.3 Å². The summed E-state index contributed by atoms with van der Waals surface area (Å²) in [5.41, 5.74) is 2.66. The maximum Gasteiger partial charge on any atom is 0.255 e. The van der Waals surface area contributed by atoms with Gasteiger partial charge in [-0.25, -0.2) is 0 Å². The summed E-state index contributed by atoms with van der Waals surface area (Å²) >= 11 is 0. The number of para-hydroxylation sites is 1. The summed E-state index contributed by atoms with van der Waals surface area (Å²) in [7, 11) is 3.14. The zero-order chi connectivity index (χ0) is 20.4. The van der Waals surface area contributed by atoms with Gasteiger partial charge in [-0.15, -0.1) is 0 Å². The molecule has 1 aliphatic heterocycles. The van der Waals surface area contributed by atoms with Crippen LogP contribution >= 0.6 is 0 Å². The van der Waals surface area contributed by atoms with Crippen LogP contribution in [-0.2, 0) is 4.79 Å². The molecular formula is C20H20N6O3. The number of rotatable bonds is 5. The number of benzene rings is 2. The Balaban J connectivity index is 1.79. The van der Waals surface area contributed by atoms with Crippen molar-refractivity contribution in [1.82, 2.24) is 20.2 Å². The van der Waals surface area contributed by atoms with Crippen molar-refractivity contribution in [2.24, 2.45) is 0 Å². The van der Waals surface area contributed by atoms with Crippen LogP contribution in [0.25, 0.3) is 0 Å². The molecule has 0 radical (unpaired) electrons. The second-order valence-electron chi connectivity index (χ2n) is 6.45. The first-order chi connectivity index (χ1) is 14.1. The molecule has 2 heterocycles. The third-order valence-electron chi connectivity index (χ3n) is 4.71. The van der Waals surface area contributed by atoms with E-state index in [1.165, 1.54) is 0 Å². The van der Waals surface area contributed by atoms with Crippen molar-refractivity contribution in [2.45, 2.75) is 13.0 Å². The highest BCUT2D eigenvalue weighted by Crippen LogP contribution is 2.38. The summed E-state index contributed by atoms with van der Waals surface area (Å²) in [6.45, 7) is 1.83. The topological polar surface area (TPSA) is 103 Å². The van der Waals surface area contributed by atoms with E-state index in [0.717, 1.165) is 5.56 Å². The van der Waals surface area contributed by atoms with Gasteiger partial charge in [-0.3, -0.25) is 4.79 Å². The Hall–Kier alpha value is -3.88. The van der Waals surface area contributed by atoms with Gasteiger partial charge in [0.05, 0.1) is 19.8 Å². The molecule has 4 rings (SSSR count). The SMILES string of the molecule is COc1ccc([C@H]2C(C(=O)Nc3ccccc3)=C(C)Nc3nnnn32)cc1OC. The first kappa shape index (κ1) is 18.5. The number of allylic oxidation sites excluding steroid dienone is 1. The number of nitrogens with one attached hydrogen (secondary N) is 2. The lowest BCUT2D eigenvalue weighted by atomic mass is 9.94. The molecular weight excluding hydrogens is 372 g/mol. The number of nitrogens with zero attached hydrogens (tertiary/aromatic N) is 4. The minimum absolute atomic E-state index is 0.248. The second-order valence-corrected chi connectivity index (χ2v) is 6.45. The van der Waals surface area contributed by atoms with Gasteiger partial charge < -0.3 is 20.1 Å². The maximum absolute atomic E-state index is 13.2. The molecule has 2 aromatic carbocycles. The molecule has 0 saturated heterocycles. The third kappa shape index (κ3) is 3.38. The number of hydrogen-bond donors (Lipinski definition) is 2. The normalized spacial score (nSPS) is 15.3. The van der Waals surface area contributed by atoms with Crippen LogP contribution in [0.2, 0.25) is 0 Å². The van der Waals surface area contributed by atoms with Crippen LogP contribution in [0.5, 0.6) is 11.5 Å². The van der Waals surface area contributed by atoms with Crippen molar-refractivity contribution in [3.63, 3.8) is 0 Å². The molecule has 0 spiro atoms. The number of tetrazole rings is 1. The molecule has 0 unspecified atom stereocenters. The fraction of sp³-hybridized carbons (Fsp3) is 0.200. The number of carbonyl (C=O) groups excluding carboxylic acids is 1. The average molecular weight is 392 g/mol. The smallest absolute Gasteiger partial charge is 0.255 e. The number of anilines is 2. The lowest BCUT2D eigenvalue weighted by Gasteiger charge is -2.28. The molecule has 1 aromatic heterocycles. The highest BCUT2D eigenvalue weighted by molar-refractivity contribution is 6.06. The highest BCUT2D eigenvalue weighted by atomic mass is 16.5. The van der Waals surface area contributed by atoms with Crippen LogP contribution in [0.3, 0.4) is 0 Å². The summed E-state index contributed by atoms with van der Waals surface area (Å²) < 4.78 is 12.3. The van der Waals surface area contributed by atoms with E-state index in [-0.39, 0.29) is 5.91 Å². The van der Waals surface area contributed by atoms with Crippen LogP contribution < -0.4 is 20.1 Å². The number of carbonyl (C=O) groups is 1.